The van der Waals surface area contributed by atoms with Crippen LogP contribution in [0.15, 0.2) is 28.5 Å². The Morgan fingerprint density at radius 3 is 2.93 bits per heavy atom. The predicted octanol–water partition coefficient (Wildman–Crippen LogP) is 2.78. The summed E-state index contributed by atoms with van der Waals surface area (Å²) in [5.41, 5.74) is 0.895. The molecule has 6 heteroatoms. The molecule has 0 fully saturated rings. The lowest BCUT2D eigenvalue weighted by Crippen LogP contribution is -1.98. The summed E-state index contributed by atoms with van der Waals surface area (Å²) >= 11 is 5.89. The average molecular weight is 224 g/mol. The third kappa shape index (κ3) is 2.07. The van der Waals surface area contributed by atoms with Gasteiger partial charge in [-0.3, -0.25) is 10.1 Å². The van der Waals surface area contributed by atoms with E-state index in [0.717, 1.165) is 10.9 Å². The predicted molar refractivity (Wildman–Crippen MR) is 59.3 cm³/mol. The summed E-state index contributed by atoms with van der Waals surface area (Å²) in [5.74, 6) is 0.543. The Morgan fingerprint density at radius 2 is 2.20 bits per heavy atom. The Kier molecular flexibility index (Phi) is 2.55. The Balaban J connectivity index is 2.48. The van der Waals surface area contributed by atoms with Crippen LogP contribution in [0, 0.1) is 0 Å². The Labute approximate surface area is 91.7 Å². The molecule has 0 saturated carbocycles. The van der Waals surface area contributed by atoms with Crippen LogP contribution in [-0.2, 0) is 0 Å². The van der Waals surface area contributed by atoms with Crippen molar-refractivity contribution in [1.29, 1.82) is 0 Å². The van der Waals surface area contributed by atoms with Gasteiger partial charge < -0.3 is 0 Å². The molecule has 0 radical (unpaired) electrons. The molecule has 0 amide bonds. The molecule has 2 aromatic rings. The molecule has 0 aliphatic heterocycles. The van der Waals surface area contributed by atoms with Gasteiger partial charge in [-0.15, -0.1) is 5.11 Å². The minimum atomic E-state index is 0.543. The van der Waals surface area contributed by atoms with Crippen LogP contribution in [0.4, 0.5) is 5.82 Å². The first-order valence-electron chi connectivity index (χ1n) is 4.39. The van der Waals surface area contributed by atoms with Crippen molar-refractivity contribution < 1.29 is 0 Å². The van der Waals surface area contributed by atoms with E-state index < -0.39 is 0 Å². The summed E-state index contributed by atoms with van der Waals surface area (Å²) in [6.07, 6.45) is 0. The van der Waals surface area contributed by atoms with Crippen LogP contribution in [0.3, 0.4) is 0 Å². The fraction of sp³-hybridized carbons (Fsp3) is 0.222. The molecule has 0 aliphatic rings. The zero-order valence-electron chi connectivity index (χ0n) is 8.40. The van der Waals surface area contributed by atoms with Crippen molar-refractivity contribution in [2.45, 2.75) is 0 Å². The van der Waals surface area contributed by atoms with Gasteiger partial charge in [0.25, 0.3) is 0 Å². The highest BCUT2D eigenvalue weighted by atomic mass is 35.5. The molecule has 15 heavy (non-hydrogen) atoms. The maximum atomic E-state index is 5.89. The molecule has 0 saturated heterocycles. The fourth-order valence-corrected chi connectivity index (χ4v) is 1.35. The van der Waals surface area contributed by atoms with Crippen molar-refractivity contribution in [2.24, 2.45) is 10.3 Å². The third-order valence-electron chi connectivity index (χ3n) is 1.82. The maximum Gasteiger partial charge on any atom is 0.205 e. The van der Waals surface area contributed by atoms with E-state index in [9.17, 15) is 0 Å². The molecule has 1 heterocycles. The van der Waals surface area contributed by atoms with Gasteiger partial charge in [-0.1, -0.05) is 16.8 Å². The Morgan fingerprint density at radius 1 is 1.40 bits per heavy atom. The van der Waals surface area contributed by atoms with E-state index in [0.29, 0.717) is 10.8 Å². The summed E-state index contributed by atoms with van der Waals surface area (Å²) in [7, 11) is 3.59. The van der Waals surface area contributed by atoms with Crippen molar-refractivity contribution >= 4 is 28.3 Å². The smallest absolute Gasteiger partial charge is 0.205 e. The zero-order valence-corrected chi connectivity index (χ0v) is 9.15. The van der Waals surface area contributed by atoms with Gasteiger partial charge >= 0.3 is 0 Å². The van der Waals surface area contributed by atoms with Crippen LogP contribution >= 0.6 is 11.6 Å². The quantitative estimate of drug-likeness (QED) is 0.629. The van der Waals surface area contributed by atoms with Crippen molar-refractivity contribution in [3.63, 3.8) is 0 Å². The number of benzene rings is 1. The third-order valence-corrected chi connectivity index (χ3v) is 2.06. The van der Waals surface area contributed by atoms with Crippen LogP contribution < -0.4 is 0 Å². The number of nitrogens with one attached hydrogen (secondary N) is 1. The summed E-state index contributed by atoms with van der Waals surface area (Å²) in [6.45, 7) is 0. The zero-order chi connectivity index (χ0) is 10.8. The number of hydrogen-bond acceptors (Lipinski definition) is 3. The molecule has 1 N–H and O–H groups in total. The van der Waals surface area contributed by atoms with Gasteiger partial charge in [-0.05, 0) is 18.2 Å². The van der Waals surface area contributed by atoms with Gasteiger partial charge in [-0.2, -0.15) is 5.10 Å². The standard InChI is InChI=1S/C9H10ClN5/c1-15(2)14-13-9-7-5-6(10)3-4-8(7)11-12-9/h3-5H,1-2H3,(H,11,12). The molecule has 5 nitrogen and oxygen atoms in total. The summed E-state index contributed by atoms with van der Waals surface area (Å²) < 4.78 is 0. The minimum Gasteiger partial charge on any atom is -0.285 e. The number of nitrogens with zero attached hydrogens (tertiary/aromatic N) is 4. The van der Waals surface area contributed by atoms with E-state index in [1.54, 1.807) is 25.2 Å². The first-order valence-corrected chi connectivity index (χ1v) is 4.77. The number of rotatable bonds is 2. The second kappa shape index (κ2) is 3.86. The largest absolute Gasteiger partial charge is 0.285 e. The highest BCUT2D eigenvalue weighted by Crippen LogP contribution is 2.26. The van der Waals surface area contributed by atoms with Gasteiger partial charge in [0.05, 0.1) is 5.52 Å². The number of hydrogen-bond donors (Lipinski definition) is 1. The molecule has 0 unspecified atom stereocenters. The second-order valence-electron chi connectivity index (χ2n) is 3.27. The second-order valence-corrected chi connectivity index (χ2v) is 3.71. The molecule has 0 atom stereocenters. The molecule has 0 spiro atoms. The van der Waals surface area contributed by atoms with Crippen LogP contribution in [0.25, 0.3) is 10.9 Å². The molecule has 2 rings (SSSR count). The van der Waals surface area contributed by atoms with Gasteiger partial charge in [0, 0.05) is 24.5 Å². The van der Waals surface area contributed by atoms with Crippen molar-refractivity contribution in [1.82, 2.24) is 15.2 Å². The first kappa shape index (κ1) is 9.92. The van der Waals surface area contributed by atoms with E-state index in [1.165, 1.54) is 0 Å². The maximum absolute atomic E-state index is 5.89. The SMILES string of the molecule is CN(C)N=Nc1n[nH]c2ccc(Cl)cc12. The lowest BCUT2D eigenvalue weighted by molar-refractivity contribution is 0.408. The molecule has 1 aromatic carbocycles. The highest BCUT2D eigenvalue weighted by Gasteiger charge is 2.04. The van der Waals surface area contributed by atoms with Crippen LogP contribution in [0.1, 0.15) is 0 Å². The number of H-pyrrole nitrogens is 1. The van der Waals surface area contributed by atoms with Gasteiger partial charge in [-0.25, -0.2) is 0 Å². The van der Waals surface area contributed by atoms with Crippen molar-refractivity contribution in [2.75, 3.05) is 14.1 Å². The Bertz CT molecular complexity index is 502. The van der Waals surface area contributed by atoms with Gasteiger partial charge in [0.2, 0.25) is 5.82 Å². The number of aromatic nitrogens is 2. The number of fused-ring (bicyclic) bond motifs is 1. The summed E-state index contributed by atoms with van der Waals surface area (Å²) in [4.78, 5) is 0. The average Bonchev–Trinajstić information content (AvgIpc) is 2.57. The molecule has 1 aromatic heterocycles. The molecule has 0 aliphatic carbocycles. The van der Waals surface area contributed by atoms with E-state index >= 15 is 0 Å². The van der Waals surface area contributed by atoms with Crippen molar-refractivity contribution in [3.8, 4) is 0 Å². The molecule has 78 valence electrons. The highest BCUT2D eigenvalue weighted by molar-refractivity contribution is 6.31. The van der Waals surface area contributed by atoms with Crippen molar-refractivity contribution in [3.05, 3.63) is 23.2 Å². The lowest BCUT2D eigenvalue weighted by Gasteiger charge is -1.98. The van der Waals surface area contributed by atoms with E-state index in [2.05, 4.69) is 20.5 Å². The van der Waals surface area contributed by atoms with Crippen LogP contribution in [-0.4, -0.2) is 29.3 Å². The Hall–Kier alpha value is -1.62. The van der Waals surface area contributed by atoms with Gasteiger partial charge in [0.1, 0.15) is 0 Å². The van der Waals surface area contributed by atoms with Gasteiger partial charge in [0.15, 0.2) is 0 Å². The summed E-state index contributed by atoms with van der Waals surface area (Å²) in [5, 5.41) is 17.9. The van der Waals surface area contributed by atoms with E-state index in [1.807, 2.05) is 12.1 Å². The number of halogens is 1. The molecular formula is C9H10ClN5. The van der Waals surface area contributed by atoms with E-state index in [-0.39, 0.29) is 0 Å². The monoisotopic (exact) mass is 223 g/mol. The fourth-order valence-electron chi connectivity index (χ4n) is 1.18. The van der Waals surface area contributed by atoms with E-state index in [4.69, 9.17) is 11.6 Å². The topological polar surface area (TPSA) is 56.6 Å². The lowest BCUT2D eigenvalue weighted by atomic mass is 10.2. The minimum absolute atomic E-state index is 0.543. The van der Waals surface area contributed by atoms with Crippen LogP contribution in [0.2, 0.25) is 5.02 Å². The van der Waals surface area contributed by atoms with Crippen LogP contribution in [0.5, 0.6) is 0 Å². The first-order chi connectivity index (χ1) is 7.16. The molecular weight excluding hydrogens is 214 g/mol. The number of aromatic amines is 1. The summed E-state index contributed by atoms with van der Waals surface area (Å²) in [6, 6.07) is 5.47. The molecule has 0 bridgehead atoms. The normalized spacial score (nSPS) is 11.4.